The molecule has 0 saturated carbocycles. The van der Waals surface area contributed by atoms with E-state index in [1.54, 1.807) is 12.1 Å². The molecule has 0 radical (unpaired) electrons. The number of nitrogens with one attached hydrogen (secondary N) is 2. The summed E-state index contributed by atoms with van der Waals surface area (Å²) in [6.45, 7) is 6.65. The Morgan fingerprint density at radius 2 is 2.10 bits per heavy atom. The Balaban J connectivity index is 0.00000200. The minimum absolute atomic E-state index is 0. The highest BCUT2D eigenvalue weighted by Crippen LogP contribution is 2.14. The van der Waals surface area contributed by atoms with Gasteiger partial charge >= 0.3 is 0 Å². The van der Waals surface area contributed by atoms with Crippen LogP contribution in [0.3, 0.4) is 0 Å². The van der Waals surface area contributed by atoms with E-state index in [1.807, 2.05) is 19.1 Å². The van der Waals surface area contributed by atoms with Crippen molar-refractivity contribution in [1.82, 2.24) is 10.6 Å². The van der Waals surface area contributed by atoms with E-state index in [0.29, 0.717) is 18.1 Å². The first kappa shape index (κ1) is 16.8. The van der Waals surface area contributed by atoms with Crippen LogP contribution in [-0.4, -0.2) is 31.6 Å². The molecule has 4 nitrogen and oxygen atoms in total. The van der Waals surface area contributed by atoms with Gasteiger partial charge < -0.3 is 15.4 Å². The smallest absolute Gasteiger partial charge is 0.251 e. The van der Waals surface area contributed by atoms with Crippen LogP contribution in [0.2, 0.25) is 0 Å². The zero-order chi connectivity index (χ0) is 13.7. The van der Waals surface area contributed by atoms with Gasteiger partial charge in [0, 0.05) is 18.2 Å². The fourth-order valence-electron chi connectivity index (χ4n) is 2.30. The van der Waals surface area contributed by atoms with Crippen molar-refractivity contribution in [2.24, 2.45) is 5.92 Å². The van der Waals surface area contributed by atoms with E-state index in [2.05, 4.69) is 17.6 Å². The van der Waals surface area contributed by atoms with Gasteiger partial charge in [-0.25, -0.2) is 0 Å². The van der Waals surface area contributed by atoms with E-state index >= 15 is 0 Å². The molecule has 0 spiro atoms. The molecule has 1 aromatic carbocycles. The Labute approximate surface area is 126 Å². The highest BCUT2D eigenvalue weighted by atomic mass is 35.5. The largest absolute Gasteiger partial charge is 0.494 e. The first-order valence-electron chi connectivity index (χ1n) is 6.95. The molecule has 1 saturated heterocycles. The number of piperidine rings is 1. The molecular weight excluding hydrogens is 276 g/mol. The lowest BCUT2D eigenvalue weighted by atomic mass is 9.94. The van der Waals surface area contributed by atoms with Crippen molar-refractivity contribution in [3.05, 3.63) is 29.8 Å². The molecule has 1 amide bonds. The van der Waals surface area contributed by atoms with Gasteiger partial charge in [0.25, 0.3) is 5.91 Å². The van der Waals surface area contributed by atoms with E-state index in [9.17, 15) is 4.79 Å². The first-order valence-corrected chi connectivity index (χ1v) is 6.95. The number of amides is 1. The maximum atomic E-state index is 12.1. The monoisotopic (exact) mass is 298 g/mol. The zero-order valence-corrected chi connectivity index (χ0v) is 12.8. The average Bonchev–Trinajstić information content (AvgIpc) is 2.42. The van der Waals surface area contributed by atoms with Crippen LogP contribution in [0.1, 0.15) is 30.6 Å². The lowest BCUT2D eigenvalue weighted by Gasteiger charge is -2.30. The van der Waals surface area contributed by atoms with Crippen LogP contribution in [0.5, 0.6) is 5.75 Å². The fourth-order valence-corrected chi connectivity index (χ4v) is 2.30. The number of hydrogen-bond acceptors (Lipinski definition) is 3. The number of hydrogen-bond donors (Lipinski definition) is 2. The van der Waals surface area contributed by atoms with Crippen LogP contribution in [0.4, 0.5) is 0 Å². The summed E-state index contributed by atoms with van der Waals surface area (Å²) >= 11 is 0. The summed E-state index contributed by atoms with van der Waals surface area (Å²) in [5.74, 6) is 1.31. The molecule has 2 rings (SSSR count). The van der Waals surface area contributed by atoms with Crippen molar-refractivity contribution in [2.45, 2.75) is 26.3 Å². The van der Waals surface area contributed by atoms with Crippen LogP contribution < -0.4 is 15.4 Å². The number of carbonyl (C=O) groups excluding carboxylic acids is 1. The molecule has 1 aromatic rings. The van der Waals surface area contributed by atoms with Gasteiger partial charge in [-0.15, -0.1) is 12.4 Å². The quantitative estimate of drug-likeness (QED) is 0.896. The summed E-state index contributed by atoms with van der Waals surface area (Å²) in [5, 5.41) is 6.41. The lowest BCUT2D eigenvalue weighted by Crippen LogP contribution is -2.50. The van der Waals surface area contributed by atoms with E-state index < -0.39 is 0 Å². The number of ether oxygens (including phenoxy) is 1. The van der Waals surface area contributed by atoms with Crippen LogP contribution in [0, 0.1) is 5.92 Å². The first-order chi connectivity index (χ1) is 9.20. The highest BCUT2D eigenvalue weighted by molar-refractivity contribution is 5.94. The Bertz CT molecular complexity index is 422. The van der Waals surface area contributed by atoms with Crippen LogP contribution >= 0.6 is 12.4 Å². The predicted octanol–water partition coefficient (Wildman–Crippen LogP) is 2.23. The van der Waals surface area contributed by atoms with Gasteiger partial charge in [-0.2, -0.15) is 0 Å². The fraction of sp³-hybridized carbons (Fsp3) is 0.533. The standard InChI is InChI=1S/C15H22N2O2.ClH/c1-3-19-13-6-4-12(5-7-13)15(18)17-14-10-16-9-8-11(14)2;/h4-7,11,14,16H,3,8-10H2,1-2H3,(H,17,18);1H. The topological polar surface area (TPSA) is 50.4 Å². The molecule has 2 N–H and O–H groups in total. The molecule has 1 aliphatic heterocycles. The van der Waals surface area contributed by atoms with Crippen molar-refractivity contribution in [1.29, 1.82) is 0 Å². The van der Waals surface area contributed by atoms with Crippen LogP contribution in [0.15, 0.2) is 24.3 Å². The molecule has 1 fully saturated rings. The van der Waals surface area contributed by atoms with E-state index in [4.69, 9.17) is 4.74 Å². The van der Waals surface area contributed by atoms with E-state index in [1.165, 1.54) is 0 Å². The van der Waals surface area contributed by atoms with Crippen molar-refractivity contribution in [3.8, 4) is 5.75 Å². The lowest BCUT2D eigenvalue weighted by molar-refractivity contribution is 0.0915. The molecule has 112 valence electrons. The highest BCUT2D eigenvalue weighted by Gasteiger charge is 2.22. The molecule has 2 atom stereocenters. The maximum Gasteiger partial charge on any atom is 0.251 e. The Hall–Kier alpha value is -1.26. The van der Waals surface area contributed by atoms with Gasteiger partial charge in [0.2, 0.25) is 0 Å². The second-order valence-electron chi connectivity index (χ2n) is 5.01. The molecule has 2 unspecified atom stereocenters. The minimum atomic E-state index is -0.0106. The SMILES string of the molecule is CCOc1ccc(C(=O)NC2CNCCC2C)cc1.Cl. The summed E-state index contributed by atoms with van der Waals surface area (Å²) in [6.07, 6.45) is 1.11. The summed E-state index contributed by atoms with van der Waals surface area (Å²) in [7, 11) is 0. The average molecular weight is 299 g/mol. The van der Waals surface area contributed by atoms with Crippen molar-refractivity contribution in [2.75, 3.05) is 19.7 Å². The number of benzene rings is 1. The van der Waals surface area contributed by atoms with Crippen LogP contribution in [0.25, 0.3) is 0 Å². The third-order valence-electron chi connectivity index (χ3n) is 3.57. The Morgan fingerprint density at radius 1 is 1.40 bits per heavy atom. The second-order valence-corrected chi connectivity index (χ2v) is 5.01. The minimum Gasteiger partial charge on any atom is -0.494 e. The second kappa shape index (κ2) is 8.12. The third-order valence-corrected chi connectivity index (χ3v) is 3.57. The molecular formula is C15H23ClN2O2. The third kappa shape index (κ3) is 4.39. The van der Waals surface area contributed by atoms with Crippen molar-refractivity contribution < 1.29 is 9.53 Å². The molecule has 20 heavy (non-hydrogen) atoms. The van der Waals surface area contributed by atoms with Crippen molar-refractivity contribution in [3.63, 3.8) is 0 Å². The van der Waals surface area contributed by atoms with Gasteiger partial charge in [-0.1, -0.05) is 6.92 Å². The van der Waals surface area contributed by atoms with E-state index in [-0.39, 0.29) is 24.4 Å². The maximum absolute atomic E-state index is 12.1. The molecule has 0 aromatic heterocycles. The predicted molar refractivity (Wildman–Crippen MR) is 82.8 cm³/mol. The van der Waals surface area contributed by atoms with Gasteiger partial charge in [-0.05, 0) is 50.1 Å². The number of rotatable bonds is 4. The van der Waals surface area contributed by atoms with Crippen molar-refractivity contribution >= 4 is 18.3 Å². The Morgan fingerprint density at radius 3 is 2.70 bits per heavy atom. The number of halogens is 1. The van der Waals surface area contributed by atoms with E-state index in [0.717, 1.165) is 25.3 Å². The van der Waals surface area contributed by atoms with Gasteiger partial charge in [0.1, 0.15) is 5.75 Å². The molecule has 1 heterocycles. The van der Waals surface area contributed by atoms with Gasteiger partial charge in [0.15, 0.2) is 0 Å². The normalized spacial score (nSPS) is 21.7. The Kier molecular flexibility index (Phi) is 6.82. The molecule has 0 aliphatic carbocycles. The molecule has 1 aliphatic rings. The van der Waals surface area contributed by atoms with Gasteiger partial charge in [-0.3, -0.25) is 4.79 Å². The summed E-state index contributed by atoms with van der Waals surface area (Å²) < 4.78 is 5.37. The van der Waals surface area contributed by atoms with Gasteiger partial charge in [0.05, 0.1) is 6.61 Å². The zero-order valence-electron chi connectivity index (χ0n) is 12.0. The summed E-state index contributed by atoms with van der Waals surface area (Å²) in [4.78, 5) is 12.1. The number of carbonyl (C=O) groups is 1. The molecule has 5 heteroatoms. The molecule has 0 bridgehead atoms. The summed E-state index contributed by atoms with van der Waals surface area (Å²) in [5.41, 5.74) is 0.682. The van der Waals surface area contributed by atoms with Crippen LogP contribution in [-0.2, 0) is 0 Å². The summed E-state index contributed by atoms with van der Waals surface area (Å²) in [6, 6.07) is 7.50.